The van der Waals surface area contributed by atoms with Crippen LogP contribution in [-0.2, 0) is 9.53 Å². The van der Waals surface area contributed by atoms with Crippen molar-refractivity contribution in [3.05, 3.63) is 0 Å². The van der Waals surface area contributed by atoms with Gasteiger partial charge in [-0.1, -0.05) is 6.92 Å². The molecule has 0 spiro atoms. The molecule has 17 heavy (non-hydrogen) atoms. The van der Waals surface area contributed by atoms with Gasteiger partial charge in [-0.25, -0.2) is 0 Å². The molecule has 0 radical (unpaired) electrons. The second-order valence-electron chi connectivity index (χ2n) is 5.87. The quantitative estimate of drug-likeness (QED) is 0.810. The highest BCUT2D eigenvalue weighted by Crippen LogP contribution is 2.20. The van der Waals surface area contributed by atoms with Crippen LogP contribution in [0.4, 0.5) is 0 Å². The zero-order chi connectivity index (χ0) is 13.1. The Morgan fingerprint density at radius 2 is 2.18 bits per heavy atom. The minimum absolute atomic E-state index is 0.179. The van der Waals surface area contributed by atoms with Crippen molar-refractivity contribution in [3.8, 4) is 0 Å². The first kappa shape index (κ1) is 14.5. The second-order valence-corrected chi connectivity index (χ2v) is 5.87. The van der Waals surface area contributed by atoms with Crippen LogP contribution in [-0.4, -0.2) is 42.6 Å². The molecule has 4 nitrogen and oxygen atoms in total. The van der Waals surface area contributed by atoms with Gasteiger partial charge in [-0.3, -0.25) is 4.79 Å². The van der Waals surface area contributed by atoms with Crippen LogP contribution in [0.1, 0.15) is 40.0 Å². The predicted octanol–water partition coefficient (Wildman–Crippen LogP) is 1.39. The maximum absolute atomic E-state index is 12.0. The fourth-order valence-electron chi connectivity index (χ4n) is 2.15. The third-order valence-electron chi connectivity index (χ3n) is 3.53. The summed E-state index contributed by atoms with van der Waals surface area (Å²) in [7, 11) is 1.72. The minimum atomic E-state index is -0.264. The number of likely N-dealkylation sites (tertiary alicyclic amines) is 1. The van der Waals surface area contributed by atoms with E-state index in [4.69, 9.17) is 10.5 Å². The largest absolute Gasteiger partial charge is 0.379 e. The average Bonchev–Trinajstić information content (AvgIpc) is 2.25. The molecule has 2 atom stereocenters. The van der Waals surface area contributed by atoms with Crippen LogP contribution >= 0.6 is 0 Å². The zero-order valence-corrected chi connectivity index (χ0v) is 11.5. The van der Waals surface area contributed by atoms with E-state index in [1.54, 1.807) is 7.11 Å². The molecule has 1 amide bonds. The fourth-order valence-corrected chi connectivity index (χ4v) is 2.15. The fraction of sp³-hybridized carbons (Fsp3) is 0.923. The normalized spacial score (nSPS) is 26.1. The molecule has 0 aromatic carbocycles. The van der Waals surface area contributed by atoms with Gasteiger partial charge in [0.05, 0.1) is 6.10 Å². The monoisotopic (exact) mass is 242 g/mol. The molecule has 1 fully saturated rings. The van der Waals surface area contributed by atoms with Crippen molar-refractivity contribution in [1.82, 2.24) is 4.90 Å². The molecule has 2 N–H and O–H groups in total. The minimum Gasteiger partial charge on any atom is -0.379 e. The van der Waals surface area contributed by atoms with Crippen molar-refractivity contribution in [2.45, 2.75) is 51.7 Å². The van der Waals surface area contributed by atoms with Gasteiger partial charge in [0, 0.05) is 32.2 Å². The third kappa shape index (κ3) is 4.64. The van der Waals surface area contributed by atoms with Crippen LogP contribution in [0.15, 0.2) is 0 Å². The van der Waals surface area contributed by atoms with Gasteiger partial charge in [0.25, 0.3) is 0 Å². The number of nitrogens with zero attached hydrogens (tertiary/aromatic N) is 1. The maximum Gasteiger partial charge on any atom is 0.222 e. The molecule has 2 unspecified atom stereocenters. The summed E-state index contributed by atoms with van der Waals surface area (Å²) in [4.78, 5) is 13.9. The molecule has 1 rings (SSSR count). The summed E-state index contributed by atoms with van der Waals surface area (Å²) in [6.07, 6.45) is 2.47. The number of carbonyl (C=O) groups excluding carboxylic acids is 1. The van der Waals surface area contributed by atoms with Gasteiger partial charge in [-0.2, -0.15) is 0 Å². The van der Waals surface area contributed by atoms with Crippen molar-refractivity contribution in [2.24, 2.45) is 11.7 Å². The summed E-state index contributed by atoms with van der Waals surface area (Å²) in [6.45, 7) is 7.67. The molecule has 1 heterocycles. The number of carbonyl (C=O) groups is 1. The Morgan fingerprint density at radius 3 is 2.71 bits per heavy atom. The Labute approximate surface area is 104 Å². The summed E-state index contributed by atoms with van der Waals surface area (Å²) < 4.78 is 5.41. The lowest BCUT2D eigenvalue weighted by molar-refractivity contribution is -0.136. The van der Waals surface area contributed by atoms with Crippen molar-refractivity contribution in [3.63, 3.8) is 0 Å². The Kier molecular flexibility index (Phi) is 4.95. The Hall–Kier alpha value is -0.610. The first-order valence-electron chi connectivity index (χ1n) is 6.43. The van der Waals surface area contributed by atoms with Crippen LogP contribution in [0.3, 0.4) is 0 Å². The number of nitrogens with two attached hydrogens (primary N) is 1. The van der Waals surface area contributed by atoms with Crippen molar-refractivity contribution >= 4 is 5.91 Å². The average molecular weight is 242 g/mol. The van der Waals surface area contributed by atoms with E-state index in [1.165, 1.54) is 0 Å². The van der Waals surface area contributed by atoms with Gasteiger partial charge < -0.3 is 15.4 Å². The highest BCUT2D eigenvalue weighted by atomic mass is 16.5. The summed E-state index contributed by atoms with van der Waals surface area (Å²) in [6, 6.07) is 0. The second kappa shape index (κ2) is 5.83. The van der Waals surface area contributed by atoms with Gasteiger partial charge in [0.15, 0.2) is 0 Å². The van der Waals surface area contributed by atoms with Crippen molar-refractivity contribution < 1.29 is 9.53 Å². The number of amides is 1. The highest BCUT2D eigenvalue weighted by molar-refractivity contribution is 5.76. The van der Waals surface area contributed by atoms with Crippen LogP contribution in [0, 0.1) is 5.92 Å². The predicted molar refractivity (Wildman–Crippen MR) is 68.7 cm³/mol. The van der Waals surface area contributed by atoms with Gasteiger partial charge in [0.2, 0.25) is 5.91 Å². The zero-order valence-electron chi connectivity index (χ0n) is 11.5. The highest BCUT2D eigenvalue weighted by Gasteiger charge is 2.28. The van der Waals surface area contributed by atoms with E-state index in [-0.39, 0.29) is 17.6 Å². The first-order chi connectivity index (χ1) is 7.83. The maximum atomic E-state index is 12.0. The van der Waals surface area contributed by atoms with E-state index in [1.807, 2.05) is 18.7 Å². The number of piperidine rings is 1. The summed E-state index contributed by atoms with van der Waals surface area (Å²) in [5.74, 6) is 0.743. The van der Waals surface area contributed by atoms with E-state index >= 15 is 0 Å². The van der Waals surface area contributed by atoms with Crippen LogP contribution in [0.25, 0.3) is 0 Å². The van der Waals surface area contributed by atoms with E-state index in [0.717, 1.165) is 25.9 Å². The Bertz CT molecular complexity index is 261. The Balaban J connectivity index is 2.42. The Morgan fingerprint density at radius 1 is 1.53 bits per heavy atom. The van der Waals surface area contributed by atoms with Crippen molar-refractivity contribution in [1.29, 1.82) is 0 Å². The lowest BCUT2D eigenvalue weighted by atomic mass is 9.94. The number of rotatable bonds is 4. The lowest BCUT2D eigenvalue weighted by Gasteiger charge is -2.36. The molecular weight excluding hydrogens is 216 g/mol. The van der Waals surface area contributed by atoms with Gasteiger partial charge in [0.1, 0.15) is 0 Å². The number of hydrogen-bond acceptors (Lipinski definition) is 3. The molecule has 0 bridgehead atoms. The SMILES string of the molecule is COC1CN(C(=O)CCC(C)(C)N)CCC1C. The molecule has 0 aromatic heterocycles. The molecule has 1 saturated heterocycles. The van der Waals surface area contributed by atoms with E-state index < -0.39 is 0 Å². The van der Waals surface area contributed by atoms with E-state index in [2.05, 4.69) is 6.92 Å². The molecule has 0 saturated carbocycles. The van der Waals surface area contributed by atoms with Crippen LogP contribution in [0.5, 0.6) is 0 Å². The van der Waals surface area contributed by atoms with Gasteiger partial charge in [-0.05, 0) is 32.6 Å². The molecule has 0 aliphatic carbocycles. The number of ether oxygens (including phenoxy) is 1. The topological polar surface area (TPSA) is 55.6 Å². The molecule has 0 aromatic rings. The van der Waals surface area contributed by atoms with E-state index in [9.17, 15) is 4.79 Å². The lowest BCUT2D eigenvalue weighted by Crippen LogP contribution is -2.47. The van der Waals surface area contributed by atoms with E-state index in [0.29, 0.717) is 12.3 Å². The van der Waals surface area contributed by atoms with Gasteiger partial charge in [-0.15, -0.1) is 0 Å². The molecular formula is C13H26N2O2. The number of methoxy groups -OCH3 is 1. The molecule has 1 aliphatic heterocycles. The molecule has 4 heteroatoms. The number of hydrogen-bond donors (Lipinski definition) is 1. The summed E-state index contributed by atoms with van der Waals surface area (Å²) in [5, 5.41) is 0. The smallest absolute Gasteiger partial charge is 0.222 e. The molecule has 1 aliphatic rings. The summed E-state index contributed by atoms with van der Waals surface area (Å²) >= 11 is 0. The first-order valence-corrected chi connectivity index (χ1v) is 6.43. The third-order valence-corrected chi connectivity index (χ3v) is 3.53. The van der Waals surface area contributed by atoms with Crippen LogP contribution < -0.4 is 5.73 Å². The van der Waals surface area contributed by atoms with Crippen LogP contribution in [0.2, 0.25) is 0 Å². The standard InChI is InChI=1S/C13H26N2O2/c1-10-6-8-15(9-11(10)17-4)12(16)5-7-13(2,3)14/h10-11H,5-9,14H2,1-4H3. The van der Waals surface area contributed by atoms with Gasteiger partial charge >= 0.3 is 0 Å². The molecule has 100 valence electrons. The summed E-state index contributed by atoms with van der Waals surface area (Å²) in [5.41, 5.74) is 5.63. The van der Waals surface area contributed by atoms with Crippen molar-refractivity contribution in [2.75, 3.05) is 20.2 Å².